The van der Waals surface area contributed by atoms with Gasteiger partial charge in [-0.15, -0.1) is 0 Å². The highest BCUT2D eigenvalue weighted by molar-refractivity contribution is 5.42. The van der Waals surface area contributed by atoms with E-state index in [1.165, 1.54) is 0 Å². The number of nitrogens with zero attached hydrogens (tertiary/aromatic N) is 2. The van der Waals surface area contributed by atoms with Crippen molar-refractivity contribution in [1.82, 2.24) is 9.38 Å². The van der Waals surface area contributed by atoms with Gasteiger partial charge in [0.2, 0.25) is 0 Å². The van der Waals surface area contributed by atoms with Gasteiger partial charge in [-0.25, -0.2) is 4.98 Å². The number of hydrogen-bond donors (Lipinski definition) is 1. The average molecular weight is 191 g/mol. The third-order valence-electron chi connectivity index (χ3n) is 2.19. The molecule has 2 aromatic heterocycles. The molecule has 0 fully saturated rings. The highest BCUT2D eigenvalue weighted by Gasteiger charge is 2.08. The Bertz CT molecular complexity index is 436. The largest absolute Gasteiger partial charge is 0.378 e. The van der Waals surface area contributed by atoms with E-state index >= 15 is 0 Å². The van der Waals surface area contributed by atoms with Gasteiger partial charge in [-0.05, 0) is 12.1 Å². The predicted molar refractivity (Wildman–Crippen MR) is 53.8 cm³/mol. The van der Waals surface area contributed by atoms with Gasteiger partial charge in [0.15, 0.2) is 0 Å². The molecule has 4 heteroatoms. The second kappa shape index (κ2) is 3.77. The van der Waals surface area contributed by atoms with E-state index < -0.39 is 0 Å². The third-order valence-corrected chi connectivity index (χ3v) is 2.19. The van der Waals surface area contributed by atoms with Crippen LogP contribution in [0.5, 0.6) is 0 Å². The van der Waals surface area contributed by atoms with E-state index in [-0.39, 0.29) is 0 Å². The molecule has 74 valence electrons. The van der Waals surface area contributed by atoms with Crippen molar-refractivity contribution >= 4 is 5.65 Å². The molecular formula is C10H13N3O. The van der Waals surface area contributed by atoms with Crippen LogP contribution in [-0.2, 0) is 17.9 Å². The average Bonchev–Trinajstić information content (AvgIpc) is 2.55. The normalized spacial score (nSPS) is 11.0. The zero-order valence-electron chi connectivity index (χ0n) is 8.10. The standard InChI is InChI=1S/C10H13N3O/c1-14-7-8-9(6-11)13-5-3-2-4-10(13)12-8/h2-5H,6-7,11H2,1H3. The monoisotopic (exact) mass is 191 g/mol. The van der Waals surface area contributed by atoms with Crippen LogP contribution in [0.4, 0.5) is 0 Å². The lowest BCUT2D eigenvalue weighted by molar-refractivity contribution is 0.181. The first-order chi connectivity index (χ1) is 6.86. The number of hydrogen-bond acceptors (Lipinski definition) is 3. The van der Waals surface area contributed by atoms with Gasteiger partial charge >= 0.3 is 0 Å². The minimum atomic E-state index is 0.476. The zero-order chi connectivity index (χ0) is 9.97. The Hall–Kier alpha value is -1.39. The summed E-state index contributed by atoms with van der Waals surface area (Å²) in [6.45, 7) is 0.984. The lowest BCUT2D eigenvalue weighted by Crippen LogP contribution is -2.04. The van der Waals surface area contributed by atoms with Gasteiger partial charge in [-0.3, -0.25) is 0 Å². The van der Waals surface area contributed by atoms with Gasteiger partial charge in [0.1, 0.15) is 5.65 Å². The van der Waals surface area contributed by atoms with Crippen molar-refractivity contribution in [3.63, 3.8) is 0 Å². The quantitative estimate of drug-likeness (QED) is 0.785. The highest BCUT2D eigenvalue weighted by atomic mass is 16.5. The predicted octanol–water partition coefficient (Wildman–Crippen LogP) is 0.939. The number of imidazole rings is 1. The number of fused-ring (bicyclic) bond motifs is 1. The molecule has 0 bridgehead atoms. The summed E-state index contributed by atoms with van der Waals surface area (Å²) in [5, 5.41) is 0. The van der Waals surface area contributed by atoms with Crippen LogP contribution in [0.25, 0.3) is 5.65 Å². The second-order valence-corrected chi connectivity index (χ2v) is 3.07. The smallest absolute Gasteiger partial charge is 0.137 e. The molecular weight excluding hydrogens is 178 g/mol. The molecule has 14 heavy (non-hydrogen) atoms. The van der Waals surface area contributed by atoms with Crippen molar-refractivity contribution < 1.29 is 4.74 Å². The van der Waals surface area contributed by atoms with Gasteiger partial charge in [-0.1, -0.05) is 6.07 Å². The Morgan fingerprint density at radius 2 is 2.36 bits per heavy atom. The fourth-order valence-electron chi connectivity index (χ4n) is 1.56. The van der Waals surface area contributed by atoms with Crippen molar-refractivity contribution in [1.29, 1.82) is 0 Å². The summed E-state index contributed by atoms with van der Waals surface area (Å²) >= 11 is 0. The number of nitrogens with two attached hydrogens (primary N) is 1. The molecule has 0 atom stereocenters. The lowest BCUT2D eigenvalue weighted by Gasteiger charge is -1.99. The molecule has 2 N–H and O–H groups in total. The molecule has 0 unspecified atom stereocenters. The first kappa shape index (κ1) is 9.18. The first-order valence-electron chi connectivity index (χ1n) is 4.50. The molecule has 0 aliphatic heterocycles. The summed E-state index contributed by atoms with van der Waals surface area (Å²) in [5.74, 6) is 0. The first-order valence-corrected chi connectivity index (χ1v) is 4.50. The molecule has 0 aromatic carbocycles. The molecule has 2 rings (SSSR count). The Labute approximate surface area is 82.3 Å². The van der Waals surface area contributed by atoms with E-state index in [1.807, 2.05) is 28.8 Å². The van der Waals surface area contributed by atoms with Crippen LogP contribution in [-0.4, -0.2) is 16.5 Å². The van der Waals surface area contributed by atoms with E-state index in [9.17, 15) is 0 Å². The third kappa shape index (κ3) is 1.38. The maximum Gasteiger partial charge on any atom is 0.137 e. The molecule has 4 nitrogen and oxygen atoms in total. The summed E-state index contributed by atoms with van der Waals surface area (Å²) in [4.78, 5) is 4.43. The van der Waals surface area contributed by atoms with Crippen molar-refractivity contribution in [3.05, 3.63) is 35.8 Å². The Morgan fingerprint density at radius 1 is 1.50 bits per heavy atom. The molecule has 2 heterocycles. The molecule has 2 aromatic rings. The maximum atomic E-state index is 5.68. The van der Waals surface area contributed by atoms with E-state index in [0.29, 0.717) is 13.2 Å². The van der Waals surface area contributed by atoms with Gasteiger partial charge in [-0.2, -0.15) is 0 Å². The fraction of sp³-hybridized carbons (Fsp3) is 0.300. The van der Waals surface area contributed by atoms with Crippen LogP contribution in [0.1, 0.15) is 11.4 Å². The summed E-state index contributed by atoms with van der Waals surface area (Å²) < 4.78 is 7.06. The van der Waals surface area contributed by atoms with E-state index in [2.05, 4.69) is 4.98 Å². The van der Waals surface area contributed by atoms with Gasteiger partial charge in [0, 0.05) is 19.9 Å². The maximum absolute atomic E-state index is 5.68. The number of rotatable bonds is 3. The Kier molecular flexibility index (Phi) is 2.47. The van der Waals surface area contributed by atoms with Crippen LogP contribution in [0.15, 0.2) is 24.4 Å². The summed E-state index contributed by atoms with van der Waals surface area (Å²) in [5.41, 5.74) is 8.53. The summed E-state index contributed by atoms with van der Waals surface area (Å²) in [6, 6.07) is 5.88. The Morgan fingerprint density at radius 3 is 3.07 bits per heavy atom. The lowest BCUT2D eigenvalue weighted by atomic mass is 10.3. The topological polar surface area (TPSA) is 52.5 Å². The zero-order valence-corrected chi connectivity index (χ0v) is 8.10. The number of methoxy groups -OCH3 is 1. The number of aromatic nitrogens is 2. The molecule has 0 radical (unpaired) electrons. The van der Waals surface area contributed by atoms with Crippen LogP contribution in [0, 0.1) is 0 Å². The molecule has 0 saturated carbocycles. The summed E-state index contributed by atoms with van der Waals surface area (Å²) in [7, 11) is 1.66. The van der Waals surface area contributed by atoms with Crippen LogP contribution < -0.4 is 5.73 Å². The van der Waals surface area contributed by atoms with Gasteiger partial charge in [0.05, 0.1) is 18.0 Å². The van der Waals surface area contributed by atoms with Gasteiger partial charge in [0.25, 0.3) is 0 Å². The van der Waals surface area contributed by atoms with Crippen LogP contribution in [0.2, 0.25) is 0 Å². The molecule has 0 spiro atoms. The van der Waals surface area contributed by atoms with Crippen molar-refractivity contribution in [2.45, 2.75) is 13.2 Å². The van der Waals surface area contributed by atoms with Crippen molar-refractivity contribution in [2.75, 3.05) is 7.11 Å². The molecule has 0 aliphatic rings. The van der Waals surface area contributed by atoms with E-state index in [1.54, 1.807) is 7.11 Å². The minimum absolute atomic E-state index is 0.476. The molecule has 0 amide bonds. The highest BCUT2D eigenvalue weighted by Crippen LogP contribution is 2.12. The van der Waals surface area contributed by atoms with E-state index in [4.69, 9.17) is 10.5 Å². The summed E-state index contributed by atoms with van der Waals surface area (Å²) in [6.07, 6.45) is 1.96. The Balaban J connectivity index is 2.60. The van der Waals surface area contributed by atoms with Crippen molar-refractivity contribution in [3.8, 4) is 0 Å². The van der Waals surface area contributed by atoms with Crippen LogP contribution >= 0.6 is 0 Å². The SMILES string of the molecule is COCc1nc2ccccn2c1CN. The van der Waals surface area contributed by atoms with Crippen molar-refractivity contribution in [2.24, 2.45) is 5.73 Å². The minimum Gasteiger partial charge on any atom is -0.378 e. The number of pyridine rings is 1. The molecule has 0 aliphatic carbocycles. The van der Waals surface area contributed by atoms with Gasteiger partial charge < -0.3 is 14.9 Å². The molecule has 0 saturated heterocycles. The number of ether oxygens (including phenoxy) is 1. The second-order valence-electron chi connectivity index (χ2n) is 3.07. The van der Waals surface area contributed by atoms with E-state index in [0.717, 1.165) is 17.0 Å². The van der Waals surface area contributed by atoms with Crippen LogP contribution in [0.3, 0.4) is 0 Å². The fourth-order valence-corrected chi connectivity index (χ4v) is 1.56.